The van der Waals surface area contributed by atoms with Crippen molar-refractivity contribution in [3.05, 3.63) is 34.4 Å². The monoisotopic (exact) mass is 302 g/mol. The van der Waals surface area contributed by atoms with E-state index in [1.807, 2.05) is 32.9 Å². The van der Waals surface area contributed by atoms with E-state index in [2.05, 4.69) is 0 Å². The molecule has 1 saturated carbocycles. The first-order chi connectivity index (χ1) is 10.1. The summed E-state index contributed by atoms with van der Waals surface area (Å²) in [5.74, 6) is -0.863. The number of carbonyl (C=O) groups excluding carboxylic acids is 1. The van der Waals surface area contributed by atoms with Gasteiger partial charge in [-0.25, -0.2) is 0 Å². The van der Waals surface area contributed by atoms with Gasteiger partial charge in [0.15, 0.2) is 5.78 Å². The fourth-order valence-corrected chi connectivity index (χ4v) is 4.10. The standard InChI is InChI=1S/C19H26O3/c1-12-10-13(2)15(14(3)11-12)16(20)19(8-6-7-9-19)18(4,5)17(21)22/h10-11H,6-9H2,1-5H3,(H,21,22). The van der Waals surface area contributed by atoms with Gasteiger partial charge < -0.3 is 5.11 Å². The van der Waals surface area contributed by atoms with Gasteiger partial charge in [0.05, 0.1) is 5.41 Å². The quantitative estimate of drug-likeness (QED) is 0.835. The number of hydrogen-bond acceptors (Lipinski definition) is 2. The van der Waals surface area contributed by atoms with E-state index in [9.17, 15) is 14.7 Å². The Balaban J connectivity index is 2.61. The molecule has 1 N–H and O–H groups in total. The van der Waals surface area contributed by atoms with Gasteiger partial charge in [-0.15, -0.1) is 0 Å². The highest BCUT2D eigenvalue weighted by atomic mass is 16.4. The second kappa shape index (κ2) is 5.53. The molecule has 1 aromatic carbocycles. The van der Waals surface area contributed by atoms with Crippen molar-refractivity contribution < 1.29 is 14.7 Å². The minimum absolute atomic E-state index is 0.0207. The molecule has 3 heteroatoms. The SMILES string of the molecule is Cc1cc(C)c(C(=O)C2(C(C)(C)C(=O)O)CCCC2)c(C)c1. The number of rotatable bonds is 4. The van der Waals surface area contributed by atoms with Crippen molar-refractivity contribution in [1.29, 1.82) is 0 Å². The number of Topliss-reactive ketones (excluding diaryl/α,β-unsaturated/α-hetero) is 1. The molecule has 0 aromatic heterocycles. The van der Waals surface area contributed by atoms with Crippen molar-refractivity contribution in [2.45, 2.75) is 60.3 Å². The molecule has 0 spiro atoms. The normalized spacial score (nSPS) is 17.5. The number of aliphatic carboxylic acids is 1. The summed E-state index contributed by atoms with van der Waals surface area (Å²) >= 11 is 0. The van der Waals surface area contributed by atoms with Crippen LogP contribution in [0.15, 0.2) is 12.1 Å². The third-order valence-corrected chi connectivity index (χ3v) is 5.53. The third-order valence-electron chi connectivity index (χ3n) is 5.53. The summed E-state index contributed by atoms with van der Waals surface area (Å²) in [6.45, 7) is 9.32. The third kappa shape index (κ3) is 2.37. The Labute approximate surface area is 132 Å². The van der Waals surface area contributed by atoms with Gasteiger partial charge in [0, 0.05) is 11.0 Å². The number of carboxylic acids is 1. The van der Waals surface area contributed by atoms with Crippen molar-refractivity contribution in [1.82, 2.24) is 0 Å². The van der Waals surface area contributed by atoms with Crippen LogP contribution in [0, 0.1) is 31.6 Å². The molecule has 22 heavy (non-hydrogen) atoms. The molecule has 0 saturated heterocycles. The van der Waals surface area contributed by atoms with Gasteiger partial charge in [0.1, 0.15) is 0 Å². The second-order valence-electron chi connectivity index (χ2n) is 7.32. The van der Waals surface area contributed by atoms with Crippen molar-refractivity contribution in [2.24, 2.45) is 10.8 Å². The van der Waals surface area contributed by atoms with E-state index < -0.39 is 16.8 Å². The first-order valence-corrected chi connectivity index (χ1v) is 7.99. The number of benzene rings is 1. The average Bonchev–Trinajstić information content (AvgIpc) is 2.87. The molecule has 1 aromatic rings. The molecular formula is C19H26O3. The number of carboxylic acid groups (broad SMARTS) is 1. The minimum Gasteiger partial charge on any atom is -0.481 e. The Morgan fingerprint density at radius 3 is 1.91 bits per heavy atom. The van der Waals surface area contributed by atoms with E-state index in [1.165, 1.54) is 0 Å². The number of aryl methyl sites for hydroxylation is 3. The van der Waals surface area contributed by atoms with Gasteiger partial charge in [-0.05, 0) is 58.6 Å². The lowest BCUT2D eigenvalue weighted by Gasteiger charge is -2.40. The maximum atomic E-state index is 13.4. The van der Waals surface area contributed by atoms with Crippen LogP contribution in [-0.2, 0) is 4.79 Å². The smallest absolute Gasteiger partial charge is 0.310 e. The van der Waals surface area contributed by atoms with E-state index >= 15 is 0 Å². The zero-order valence-corrected chi connectivity index (χ0v) is 14.2. The molecule has 0 amide bonds. The van der Waals surface area contributed by atoms with Crippen LogP contribution in [0.4, 0.5) is 0 Å². The van der Waals surface area contributed by atoms with E-state index in [0.29, 0.717) is 12.8 Å². The highest BCUT2D eigenvalue weighted by Crippen LogP contribution is 2.53. The summed E-state index contributed by atoms with van der Waals surface area (Å²) in [6.07, 6.45) is 3.18. The van der Waals surface area contributed by atoms with Gasteiger partial charge in [-0.1, -0.05) is 30.5 Å². The molecule has 0 unspecified atom stereocenters. The van der Waals surface area contributed by atoms with Crippen molar-refractivity contribution in [3.63, 3.8) is 0 Å². The van der Waals surface area contributed by atoms with Crippen LogP contribution < -0.4 is 0 Å². The Kier molecular flexibility index (Phi) is 4.20. The maximum Gasteiger partial charge on any atom is 0.310 e. The van der Waals surface area contributed by atoms with Crippen LogP contribution in [0.1, 0.15) is 66.6 Å². The van der Waals surface area contributed by atoms with Gasteiger partial charge >= 0.3 is 5.97 Å². The summed E-state index contributed by atoms with van der Waals surface area (Å²) in [6, 6.07) is 4.02. The zero-order chi connectivity index (χ0) is 16.7. The average molecular weight is 302 g/mol. The molecule has 120 valence electrons. The lowest BCUT2D eigenvalue weighted by molar-refractivity contribution is -0.153. The van der Waals surface area contributed by atoms with Crippen LogP contribution in [-0.4, -0.2) is 16.9 Å². The minimum atomic E-state index is -1.05. The highest BCUT2D eigenvalue weighted by molar-refractivity contribution is 6.05. The highest BCUT2D eigenvalue weighted by Gasteiger charge is 2.56. The zero-order valence-electron chi connectivity index (χ0n) is 14.2. The molecule has 1 aliphatic carbocycles. The first kappa shape index (κ1) is 16.7. The van der Waals surface area contributed by atoms with E-state index in [4.69, 9.17) is 0 Å². The van der Waals surface area contributed by atoms with Crippen LogP contribution in [0.25, 0.3) is 0 Å². The van der Waals surface area contributed by atoms with Crippen LogP contribution in [0.5, 0.6) is 0 Å². The number of hydrogen-bond donors (Lipinski definition) is 1. The summed E-state index contributed by atoms with van der Waals surface area (Å²) < 4.78 is 0. The molecule has 0 aliphatic heterocycles. The van der Waals surface area contributed by atoms with Gasteiger partial charge in [0.25, 0.3) is 0 Å². The first-order valence-electron chi connectivity index (χ1n) is 7.99. The molecule has 3 nitrogen and oxygen atoms in total. The van der Waals surface area contributed by atoms with E-state index in [1.54, 1.807) is 13.8 Å². The number of ketones is 1. The molecule has 0 radical (unpaired) electrons. The Hall–Kier alpha value is -1.64. The Bertz CT molecular complexity index is 597. The molecule has 0 atom stereocenters. The van der Waals surface area contributed by atoms with Crippen molar-refractivity contribution in [3.8, 4) is 0 Å². The summed E-state index contributed by atoms with van der Waals surface area (Å²) in [5, 5.41) is 9.69. The molecule has 1 fully saturated rings. The van der Waals surface area contributed by atoms with E-state index in [-0.39, 0.29) is 5.78 Å². The van der Waals surface area contributed by atoms with Gasteiger partial charge in [-0.2, -0.15) is 0 Å². The predicted molar refractivity (Wildman–Crippen MR) is 87.3 cm³/mol. The van der Waals surface area contributed by atoms with Crippen LogP contribution in [0.2, 0.25) is 0 Å². The molecular weight excluding hydrogens is 276 g/mol. The Morgan fingerprint density at radius 1 is 1.05 bits per heavy atom. The van der Waals surface area contributed by atoms with Gasteiger partial charge in [0.2, 0.25) is 0 Å². The lowest BCUT2D eigenvalue weighted by atomic mass is 9.60. The maximum absolute atomic E-state index is 13.4. The van der Waals surface area contributed by atoms with E-state index in [0.717, 1.165) is 35.1 Å². The molecule has 1 aliphatic rings. The van der Waals surface area contributed by atoms with Gasteiger partial charge in [-0.3, -0.25) is 9.59 Å². The summed E-state index contributed by atoms with van der Waals surface area (Å²) in [7, 11) is 0. The molecule has 2 rings (SSSR count). The Morgan fingerprint density at radius 2 is 1.50 bits per heavy atom. The van der Waals surface area contributed by atoms with Crippen LogP contribution >= 0.6 is 0 Å². The fraction of sp³-hybridized carbons (Fsp3) is 0.579. The molecule has 0 heterocycles. The summed E-state index contributed by atoms with van der Waals surface area (Å²) in [4.78, 5) is 25.2. The number of carbonyl (C=O) groups is 2. The summed E-state index contributed by atoms with van der Waals surface area (Å²) in [5.41, 5.74) is 1.92. The lowest BCUT2D eigenvalue weighted by Crippen LogP contribution is -2.47. The fourth-order valence-electron chi connectivity index (χ4n) is 4.10. The topological polar surface area (TPSA) is 54.4 Å². The van der Waals surface area contributed by atoms with Crippen LogP contribution in [0.3, 0.4) is 0 Å². The second-order valence-corrected chi connectivity index (χ2v) is 7.32. The molecule has 0 bridgehead atoms. The largest absolute Gasteiger partial charge is 0.481 e. The predicted octanol–water partition coefficient (Wildman–Crippen LogP) is 4.47. The van der Waals surface area contributed by atoms with Crippen molar-refractivity contribution in [2.75, 3.05) is 0 Å². The van der Waals surface area contributed by atoms with Crippen molar-refractivity contribution >= 4 is 11.8 Å².